The molecule has 3 atom stereocenters. The zero-order chi connectivity index (χ0) is 23.4. The Morgan fingerprint density at radius 2 is 1.71 bits per heavy atom. The highest BCUT2D eigenvalue weighted by atomic mass is 16.7. The van der Waals surface area contributed by atoms with Gasteiger partial charge in [-0.05, 0) is 59.1 Å². The molecule has 1 aromatic rings. The number of aliphatic hydroxyl groups excluding tert-OH is 1. The van der Waals surface area contributed by atoms with Crippen LogP contribution >= 0.6 is 0 Å². The molecule has 0 unspecified atom stereocenters. The fourth-order valence-electron chi connectivity index (χ4n) is 3.13. The number of ether oxygens (including phenoxy) is 3. The van der Waals surface area contributed by atoms with Gasteiger partial charge in [-0.3, -0.25) is 4.90 Å². The average Bonchev–Trinajstić information content (AvgIpc) is 2.90. The predicted molar refractivity (Wildman–Crippen MR) is 113 cm³/mol. The van der Waals surface area contributed by atoms with Crippen molar-refractivity contribution in [1.82, 2.24) is 4.90 Å². The third-order valence-corrected chi connectivity index (χ3v) is 4.36. The maximum absolute atomic E-state index is 12.8. The van der Waals surface area contributed by atoms with Crippen molar-refractivity contribution in [2.24, 2.45) is 5.11 Å². The first-order valence-corrected chi connectivity index (χ1v) is 10.0. The summed E-state index contributed by atoms with van der Waals surface area (Å²) in [6.07, 6.45) is -3.35. The maximum atomic E-state index is 12.8. The number of aliphatic hydroxyl groups is 1. The third kappa shape index (κ3) is 7.34. The third-order valence-electron chi connectivity index (χ3n) is 4.36. The number of carbonyl (C=O) groups is 2. The molecule has 31 heavy (non-hydrogen) atoms. The summed E-state index contributed by atoms with van der Waals surface area (Å²) < 4.78 is 16.0. The molecule has 0 saturated carbocycles. The van der Waals surface area contributed by atoms with E-state index in [-0.39, 0.29) is 13.0 Å². The summed E-state index contributed by atoms with van der Waals surface area (Å²) in [5.74, 6) is 0. The van der Waals surface area contributed by atoms with E-state index in [9.17, 15) is 14.7 Å². The molecule has 1 fully saturated rings. The van der Waals surface area contributed by atoms with E-state index in [0.717, 1.165) is 5.56 Å². The number of likely N-dealkylation sites (tertiary alicyclic amines) is 1. The highest BCUT2D eigenvalue weighted by Gasteiger charge is 2.47. The lowest BCUT2D eigenvalue weighted by Crippen LogP contribution is -2.43. The molecule has 0 aliphatic carbocycles. The second-order valence-electron chi connectivity index (χ2n) is 9.37. The molecule has 10 nitrogen and oxygen atoms in total. The van der Waals surface area contributed by atoms with Crippen LogP contribution in [0.2, 0.25) is 0 Å². The highest BCUT2D eigenvalue weighted by Crippen LogP contribution is 2.28. The zero-order valence-corrected chi connectivity index (χ0v) is 18.7. The monoisotopic (exact) mass is 434 g/mol. The van der Waals surface area contributed by atoms with Gasteiger partial charge >= 0.3 is 12.2 Å². The zero-order valence-electron chi connectivity index (χ0n) is 18.7. The lowest BCUT2D eigenvalue weighted by molar-refractivity contribution is -0.0486. The molecule has 1 heterocycles. The van der Waals surface area contributed by atoms with Crippen LogP contribution in [0.25, 0.3) is 10.4 Å². The Kier molecular flexibility index (Phi) is 7.41. The Bertz CT molecular complexity index is 837. The van der Waals surface area contributed by atoms with Gasteiger partial charge < -0.3 is 19.3 Å². The molecular formula is C21H30N4O6. The van der Waals surface area contributed by atoms with Crippen LogP contribution in [-0.2, 0) is 20.6 Å². The van der Waals surface area contributed by atoms with Crippen molar-refractivity contribution in [3.63, 3.8) is 0 Å². The fraction of sp³-hybridized carbons (Fsp3) is 0.619. The normalized spacial score (nSPS) is 21.3. The van der Waals surface area contributed by atoms with Gasteiger partial charge in [0.25, 0.3) is 0 Å². The van der Waals surface area contributed by atoms with Crippen molar-refractivity contribution in [3.8, 4) is 0 Å². The molecule has 1 aromatic carbocycles. The lowest BCUT2D eigenvalue weighted by atomic mass is 10.0. The Morgan fingerprint density at radius 1 is 1.13 bits per heavy atom. The molecule has 0 aromatic heterocycles. The predicted octanol–water partition coefficient (Wildman–Crippen LogP) is 4.47. The van der Waals surface area contributed by atoms with Crippen molar-refractivity contribution in [3.05, 3.63) is 40.3 Å². The highest BCUT2D eigenvalue weighted by molar-refractivity contribution is 5.69. The summed E-state index contributed by atoms with van der Waals surface area (Å²) in [6, 6.07) is 6.08. The summed E-state index contributed by atoms with van der Waals surface area (Å²) in [5.41, 5.74) is 8.30. The topological polar surface area (TPSA) is 134 Å². The first kappa shape index (κ1) is 24.3. The first-order chi connectivity index (χ1) is 14.3. The minimum atomic E-state index is -1.14. The van der Waals surface area contributed by atoms with E-state index in [4.69, 9.17) is 19.7 Å². The van der Waals surface area contributed by atoms with E-state index in [1.54, 1.807) is 65.8 Å². The van der Waals surface area contributed by atoms with Crippen molar-refractivity contribution in [2.45, 2.75) is 77.4 Å². The Hall–Kier alpha value is -2.97. The van der Waals surface area contributed by atoms with Crippen LogP contribution in [0.15, 0.2) is 29.4 Å². The molecule has 0 radical (unpaired) electrons. The van der Waals surface area contributed by atoms with E-state index in [1.807, 2.05) is 0 Å². The van der Waals surface area contributed by atoms with E-state index in [0.29, 0.717) is 5.69 Å². The van der Waals surface area contributed by atoms with Crippen molar-refractivity contribution in [2.75, 3.05) is 6.54 Å². The number of hydrogen-bond acceptors (Lipinski definition) is 7. The van der Waals surface area contributed by atoms with Crippen LogP contribution in [0.4, 0.5) is 15.3 Å². The van der Waals surface area contributed by atoms with Crippen molar-refractivity contribution in [1.29, 1.82) is 0 Å². The Balaban J connectivity index is 2.21. The number of benzene rings is 1. The van der Waals surface area contributed by atoms with Gasteiger partial charge in [0, 0.05) is 10.6 Å². The SMILES string of the molecule is CC(C)(C)OC(=O)O[C@H]1CN(C(=O)OC(C)(C)C)[C@H](Cc2ccc(N=[N+]=[N-])cc2)[C@@H]1O. The average molecular weight is 434 g/mol. The van der Waals surface area contributed by atoms with Gasteiger partial charge in [-0.2, -0.15) is 0 Å². The molecule has 2 rings (SSSR count). The maximum Gasteiger partial charge on any atom is 0.509 e. The lowest BCUT2D eigenvalue weighted by Gasteiger charge is -2.29. The number of azide groups is 1. The molecule has 170 valence electrons. The van der Waals surface area contributed by atoms with Crippen LogP contribution in [-0.4, -0.2) is 58.3 Å². The largest absolute Gasteiger partial charge is 0.509 e. The van der Waals surface area contributed by atoms with Crippen molar-refractivity contribution >= 4 is 17.9 Å². The second-order valence-corrected chi connectivity index (χ2v) is 9.37. The first-order valence-electron chi connectivity index (χ1n) is 10.0. The quantitative estimate of drug-likeness (QED) is 0.321. The number of hydrogen-bond donors (Lipinski definition) is 1. The van der Waals surface area contributed by atoms with Crippen LogP contribution < -0.4 is 0 Å². The van der Waals surface area contributed by atoms with E-state index >= 15 is 0 Å². The second kappa shape index (κ2) is 9.45. The molecule has 10 heteroatoms. The van der Waals surface area contributed by atoms with Crippen LogP contribution in [0, 0.1) is 0 Å². The molecule has 0 bridgehead atoms. The van der Waals surface area contributed by atoms with E-state index < -0.39 is 41.7 Å². The summed E-state index contributed by atoms with van der Waals surface area (Å²) in [6.45, 7) is 10.3. The van der Waals surface area contributed by atoms with Crippen molar-refractivity contribution < 1.29 is 28.9 Å². The van der Waals surface area contributed by atoms with E-state index in [2.05, 4.69) is 10.0 Å². The summed E-state index contributed by atoms with van der Waals surface area (Å²) in [7, 11) is 0. The van der Waals surface area contributed by atoms with Gasteiger partial charge in [0.1, 0.15) is 17.3 Å². The van der Waals surface area contributed by atoms with Crippen LogP contribution in [0.3, 0.4) is 0 Å². The fourth-order valence-corrected chi connectivity index (χ4v) is 3.13. The van der Waals surface area contributed by atoms with E-state index in [1.165, 1.54) is 4.90 Å². The van der Waals surface area contributed by atoms with Crippen LogP contribution in [0.5, 0.6) is 0 Å². The molecule has 1 aliphatic rings. The number of amides is 1. The minimum Gasteiger partial charge on any atom is -0.444 e. The number of rotatable bonds is 4. The number of carbonyl (C=O) groups excluding carboxylic acids is 2. The van der Waals surface area contributed by atoms with Gasteiger partial charge in [-0.1, -0.05) is 29.4 Å². The Morgan fingerprint density at radius 3 is 2.23 bits per heavy atom. The molecular weight excluding hydrogens is 404 g/mol. The summed E-state index contributed by atoms with van der Waals surface area (Å²) in [5, 5.41) is 14.4. The Labute approximate surface area is 181 Å². The minimum absolute atomic E-state index is 0.0310. The summed E-state index contributed by atoms with van der Waals surface area (Å²) >= 11 is 0. The summed E-state index contributed by atoms with van der Waals surface area (Å²) in [4.78, 5) is 29.0. The number of nitrogens with zero attached hydrogens (tertiary/aromatic N) is 4. The van der Waals surface area contributed by atoms with Gasteiger partial charge in [-0.15, -0.1) is 0 Å². The van der Waals surface area contributed by atoms with Gasteiger partial charge in [0.15, 0.2) is 6.10 Å². The smallest absolute Gasteiger partial charge is 0.444 e. The molecule has 1 saturated heterocycles. The van der Waals surface area contributed by atoms with Gasteiger partial charge in [0.2, 0.25) is 0 Å². The molecule has 0 spiro atoms. The van der Waals surface area contributed by atoms with Crippen LogP contribution in [0.1, 0.15) is 47.1 Å². The standard InChI is InChI=1S/C21H30N4O6/c1-20(2,3)30-18(27)25-12-16(29-19(28)31-21(4,5)6)17(26)15(25)11-13-7-9-14(10-8-13)23-24-22/h7-10,15-17,26H,11-12H2,1-6H3/t15-,16+,17+/m1/s1. The molecule has 1 aliphatic heterocycles. The molecule has 1 N–H and O–H groups in total. The van der Waals surface area contributed by atoms with Gasteiger partial charge in [0.05, 0.1) is 12.6 Å². The van der Waals surface area contributed by atoms with Gasteiger partial charge in [-0.25, -0.2) is 9.59 Å². The molecule has 1 amide bonds.